The van der Waals surface area contributed by atoms with Gasteiger partial charge in [-0.15, -0.1) is 11.3 Å². The van der Waals surface area contributed by atoms with Crippen molar-refractivity contribution in [2.24, 2.45) is 0 Å². The molecule has 0 aliphatic heterocycles. The Hall–Kier alpha value is -3.31. The van der Waals surface area contributed by atoms with Gasteiger partial charge in [-0.05, 0) is 64.5 Å². The highest BCUT2D eigenvalue weighted by Gasteiger charge is 2.22. The summed E-state index contributed by atoms with van der Waals surface area (Å²) in [6, 6.07) is 9.40. The number of nitrogens with one attached hydrogen (secondary N) is 1. The van der Waals surface area contributed by atoms with Gasteiger partial charge in [0.1, 0.15) is 11.4 Å². The van der Waals surface area contributed by atoms with Crippen LogP contribution in [-0.4, -0.2) is 30.4 Å². The van der Waals surface area contributed by atoms with E-state index in [0.29, 0.717) is 35.0 Å². The minimum atomic E-state index is -0.417. The molecule has 0 saturated carbocycles. The van der Waals surface area contributed by atoms with Gasteiger partial charge in [0.05, 0.1) is 33.6 Å². The molecule has 0 aliphatic carbocycles. The molecular weight excluding hydrogens is 496 g/mol. The third kappa shape index (κ3) is 4.78. The summed E-state index contributed by atoms with van der Waals surface area (Å²) in [6.07, 6.45) is 3.61. The number of amides is 1. The second-order valence-corrected chi connectivity index (χ2v) is 9.09. The van der Waals surface area contributed by atoms with Crippen molar-refractivity contribution in [3.63, 3.8) is 0 Å². The van der Waals surface area contributed by atoms with E-state index in [2.05, 4.69) is 31.4 Å². The molecule has 3 aromatic heterocycles. The average molecular weight is 515 g/mol. The highest BCUT2D eigenvalue weighted by atomic mass is 79.9. The standard InChI is InChI=1S/C21H19BrN6O3S/c1-13-20(28(30)31)14(2)27(25-13)10-16-7-19(32-12-16)21(29)24-18-5-3-4-15(6-18)9-26-11-17(22)8-23-26/h3-8,11-12H,9-10H2,1-2H3,(H,24,29). The Balaban J connectivity index is 1.44. The van der Waals surface area contributed by atoms with Crippen molar-refractivity contribution in [3.05, 3.63) is 90.1 Å². The van der Waals surface area contributed by atoms with E-state index in [4.69, 9.17) is 0 Å². The fourth-order valence-corrected chi connectivity index (χ4v) is 4.53. The van der Waals surface area contributed by atoms with Crippen molar-refractivity contribution in [1.82, 2.24) is 19.6 Å². The SMILES string of the molecule is Cc1nn(Cc2csc(C(=O)Nc3cccc(Cn4cc(Br)cn4)c3)c2)c(C)c1[N+](=O)[O-]. The minimum absolute atomic E-state index is 0.0283. The maximum atomic E-state index is 12.7. The predicted molar refractivity (Wildman–Crippen MR) is 125 cm³/mol. The molecule has 0 fully saturated rings. The van der Waals surface area contributed by atoms with Crippen molar-refractivity contribution >= 4 is 44.5 Å². The number of hydrogen-bond donors (Lipinski definition) is 1. The van der Waals surface area contributed by atoms with Crippen LogP contribution < -0.4 is 5.32 Å². The quantitative estimate of drug-likeness (QED) is 0.282. The lowest BCUT2D eigenvalue weighted by Crippen LogP contribution is -2.11. The first-order valence-electron chi connectivity index (χ1n) is 9.64. The summed E-state index contributed by atoms with van der Waals surface area (Å²) < 4.78 is 4.30. The van der Waals surface area contributed by atoms with E-state index >= 15 is 0 Å². The molecule has 11 heteroatoms. The summed E-state index contributed by atoms with van der Waals surface area (Å²) in [4.78, 5) is 24.1. The van der Waals surface area contributed by atoms with Gasteiger partial charge in [-0.1, -0.05) is 12.1 Å². The molecule has 4 rings (SSSR count). The van der Waals surface area contributed by atoms with Crippen molar-refractivity contribution in [3.8, 4) is 0 Å². The first-order chi connectivity index (χ1) is 15.3. The Bertz CT molecular complexity index is 1310. The summed E-state index contributed by atoms with van der Waals surface area (Å²) in [7, 11) is 0. The zero-order valence-corrected chi connectivity index (χ0v) is 19.7. The number of carbonyl (C=O) groups is 1. The van der Waals surface area contributed by atoms with Gasteiger partial charge >= 0.3 is 5.69 Å². The fraction of sp³-hybridized carbons (Fsp3) is 0.190. The summed E-state index contributed by atoms with van der Waals surface area (Å²) in [6.45, 7) is 4.24. The molecule has 0 saturated heterocycles. The Kier molecular flexibility index (Phi) is 6.19. The number of aryl methyl sites for hydroxylation is 1. The molecule has 4 aromatic rings. The van der Waals surface area contributed by atoms with Crippen LogP contribution >= 0.6 is 27.3 Å². The van der Waals surface area contributed by atoms with Gasteiger partial charge < -0.3 is 5.32 Å². The van der Waals surface area contributed by atoms with Gasteiger partial charge in [-0.2, -0.15) is 10.2 Å². The number of rotatable bonds is 7. The lowest BCUT2D eigenvalue weighted by atomic mass is 10.2. The summed E-state index contributed by atoms with van der Waals surface area (Å²) >= 11 is 4.70. The molecule has 3 heterocycles. The number of thiophene rings is 1. The normalized spacial score (nSPS) is 11.0. The van der Waals surface area contributed by atoms with E-state index in [9.17, 15) is 14.9 Å². The number of nitrogens with zero attached hydrogens (tertiary/aromatic N) is 5. The monoisotopic (exact) mass is 514 g/mol. The van der Waals surface area contributed by atoms with Crippen LogP contribution in [0.5, 0.6) is 0 Å². The van der Waals surface area contributed by atoms with Crippen molar-refractivity contribution < 1.29 is 9.72 Å². The summed E-state index contributed by atoms with van der Waals surface area (Å²) in [5.74, 6) is -0.209. The smallest absolute Gasteiger partial charge is 0.312 e. The van der Waals surface area contributed by atoms with E-state index in [0.717, 1.165) is 15.6 Å². The molecule has 0 radical (unpaired) electrons. The number of halogens is 1. The highest BCUT2D eigenvalue weighted by Crippen LogP contribution is 2.24. The maximum Gasteiger partial charge on any atom is 0.312 e. The van der Waals surface area contributed by atoms with Gasteiger partial charge in [-0.25, -0.2) is 0 Å². The third-order valence-corrected chi connectivity index (χ3v) is 6.25. The first-order valence-corrected chi connectivity index (χ1v) is 11.3. The number of benzene rings is 1. The predicted octanol–water partition coefficient (Wildman–Crippen LogP) is 4.78. The van der Waals surface area contributed by atoms with Gasteiger partial charge in [0.15, 0.2) is 0 Å². The first kappa shape index (κ1) is 21.9. The molecule has 32 heavy (non-hydrogen) atoms. The fourth-order valence-electron chi connectivity index (χ4n) is 3.41. The van der Waals surface area contributed by atoms with Crippen LogP contribution in [0.25, 0.3) is 0 Å². The lowest BCUT2D eigenvalue weighted by Gasteiger charge is -2.07. The average Bonchev–Trinajstić information content (AvgIpc) is 3.42. The second-order valence-electron chi connectivity index (χ2n) is 7.26. The molecule has 0 atom stereocenters. The van der Waals surface area contributed by atoms with Crippen LogP contribution in [0, 0.1) is 24.0 Å². The van der Waals surface area contributed by atoms with Crippen LogP contribution in [0.3, 0.4) is 0 Å². The zero-order valence-electron chi connectivity index (χ0n) is 17.3. The Morgan fingerprint density at radius 2 is 2.06 bits per heavy atom. The molecule has 0 spiro atoms. The van der Waals surface area contributed by atoms with Gasteiger partial charge in [0, 0.05) is 11.9 Å². The lowest BCUT2D eigenvalue weighted by molar-refractivity contribution is -0.386. The van der Waals surface area contributed by atoms with E-state index in [-0.39, 0.29) is 11.6 Å². The van der Waals surface area contributed by atoms with Crippen molar-refractivity contribution in [2.45, 2.75) is 26.9 Å². The van der Waals surface area contributed by atoms with Crippen molar-refractivity contribution in [1.29, 1.82) is 0 Å². The molecular formula is C21H19BrN6O3S. The Labute approximate surface area is 196 Å². The van der Waals surface area contributed by atoms with Crippen molar-refractivity contribution in [2.75, 3.05) is 5.32 Å². The second kappa shape index (κ2) is 9.05. The van der Waals surface area contributed by atoms with Gasteiger partial charge in [-0.3, -0.25) is 24.3 Å². The largest absolute Gasteiger partial charge is 0.321 e. The number of nitro groups is 1. The van der Waals surface area contributed by atoms with Crippen LogP contribution in [0.15, 0.2) is 52.6 Å². The maximum absolute atomic E-state index is 12.7. The van der Waals surface area contributed by atoms with Crippen LogP contribution in [0.4, 0.5) is 11.4 Å². The molecule has 1 N–H and O–H groups in total. The third-order valence-electron chi connectivity index (χ3n) is 4.87. The number of anilines is 1. The van der Waals surface area contributed by atoms with Crippen LogP contribution in [-0.2, 0) is 13.1 Å². The van der Waals surface area contributed by atoms with Crippen LogP contribution in [0.2, 0.25) is 0 Å². The summed E-state index contributed by atoms with van der Waals surface area (Å²) in [5, 5.41) is 24.5. The molecule has 0 unspecified atom stereocenters. The van der Waals surface area contributed by atoms with Gasteiger partial charge in [0.25, 0.3) is 5.91 Å². The Morgan fingerprint density at radius 1 is 1.25 bits per heavy atom. The molecule has 0 bridgehead atoms. The summed E-state index contributed by atoms with van der Waals surface area (Å²) in [5.41, 5.74) is 3.47. The molecule has 164 valence electrons. The molecule has 9 nitrogen and oxygen atoms in total. The van der Waals surface area contributed by atoms with E-state index < -0.39 is 4.92 Å². The molecule has 1 amide bonds. The van der Waals surface area contributed by atoms with E-state index in [1.165, 1.54) is 11.3 Å². The van der Waals surface area contributed by atoms with Crippen LogP contribution in [0.1, 0.15) is 32.2 Å². The Morgan fingerprint density at radius 3 is 2.75 bits per heavy atom. The number of carbonyl (C=O) groups excluding carboxylic acids is 1. The minimum Gasteiger partial charge on any atom is -0.321 e. The highest BCUT2D eigenvalue weighted by molar-refractivity contribution is 9.10. The van der Waals surface area contributed by atoms with E-state index in [1.807, 2.05) is 35.8 Å². The molecule has 0 aliphatic rings. The molecule has 1 aromatic carbocycles. The van der Waals surface area contributed by atoms with E-state index in [1.54, 1.807) is 35.5 Å². The number of hydrogen-bond acceptors (Lipinski definition) is 6. The van der Waals surface area contributed by atoms with Gasteiger partial charge in [0.2, 0.25) is 0 Å². The number of aromatic nitrogens is 4. The zero-order chi connectivity index (χ0) is 22.8. The topological polar surface area (TPSA) is 108 Å².